The Bertz CT molecular complexity index is 472. The highest BCUT2D eigenvalue weighted by Gasteiger charge is 2.18. The highest BCUT2D eigenvalue weighted by molar-refractivity contribution is 7.91. The molecule has 1 rings (SSSR count). The number of aromatic carboxylic acids is 1. The maximum atomic E-state index is 11.4. The third-order valence-corrected chi connectivity index (χ3v) is 3.86. The van der Waals surface area contributed by atoms with E-state index in [1.807, 2.05) is 0 Å². The van der Waals surface area contributed by atoms with Crippen LogP contribution in [0.2, 0.25) is 0 Å². The number of benzene rings is 1. The van der Waals surface area contributed by atoms with E-state index in [9.17, 15) is 13.2 Å². The molecule has 0 saturated carbocycles. The van der Waals surface area contributed by atoms with Gasteiger partial charge in [0.05, 0.1) is 11.3 Å². The van der Waals surface area contributed by atoms with Crippen LogP contribution in [0.25, 0.3) is 0 Å². The van der Waals surface area contributed by atoms with Gasteiger partial charge in [0.25, 0.3) is 0 Å². The first kappa shape index (κ1) is 12.7. The number of carboxylic acids is 1. The number of hydrogen-bond donors (Lipinski definition) is 2. The average molecular weight is 244 g/mol. The zero-order valence-corrected chi connectivity index (χ0v) is 9.44. The van der Waals surface area contributed by atoms with E-state index in [4.69, 9.17) is 10.2 Å². The van der Waals surface area contributed by atoms with E-state index in [-0.39, 0.29) is 11.3 Å². The molecule has 0 heterocycles. The van der Waals surface area contributed by atoms with Crippen molar-refractivity contribution in [1.82, 2.24) is 0 Å². The van der Waals surface area contributed by atoms with Crippen molar-refractivity contribution in [1.29, 1.82) is 0 Å². The zero-order valence-electron chi connectivity index (χ0n) is 8.62. The monoisotopic (exact) mass is 244 g/mol. The van der Waals surface area contributed by atoms with Crippen LogP contribution in [0.4, 0.5) is 0 Å². The number of sulfone groups is 1. The lowest BCUT2D eigenvalue weighted by atomic mass is 10.1. The summed E-state index contributed by atoms with van der Waals surface area (Å²) in [6.07, 6.45) is 0. The van der Waals surface area contributed by atoms with Crippen LogP contribution in [0.15, 0.2) is 24.3 Å². The fraction of sp³-hybridized carbons (Fsp3) is 0.300. The second kappa shape index (κ2) is 4.63. The van der Waals surface area contributed by atoms with Crippen molar-refractivity contribution in [2.45, 2.75) is 18.1 Å². The lowest BCUT2D eigenvalue weighted by Gasteiger charge is -2.06. The molecule has 1 atom stereocenters. The molecule has 1 unspecified atom stereocenters. The van der Waals surface area contributed by atoms with Gasteiger partial charge in [0, 0.05) is 0 Å². The minimum absolute atomic E-state index is 0.0956. The van der Waals surface area contributed by atoms with Crippen LogP contribution in [-0.2, 0) is 15.6 Å². The van der Waals surface area contributed by atoms with Gasteiger partial charge in [-0.3, -0.25) is 0 Å². The van der Waals surface area contributed by atoms with Gasteiger partial charge in [0.1, 0.15) is 0 Å². The third kappa shape index (κ3) is 3.04. The Morgan fingerprint density at radius 3 is 2.19 bits per heavy atom. The predicted molar refractivity (Wildman–Crippen MR) is 57.7 cm³/mol. The van der Waals surface area contributed by atoms with Crippen molar-refractivity contribution in [2.75, 3.05) is 0 Å². The lowest BCUT2D eigenvalue weighted by Crippen LogP contribution is -2.18. The van der Waals surface area contributed by atoms with Crippen LogP contribution in [0.3, 0.4) is 0 Å². The molecule has 0 bridgehead atoms. The van der Waals surface area contributed by atoms with Gasteiger partial charge in [0.2, 0.25) is 0 Å². The highest BCUT2D eigenvalue weighted by Crippen LogP contribution is 2.11. The van der Waals surface area contributed by atoms with Crippen molar-refractivity contribution in [2.24, 2.45) is 0 Å². The Labute approximate surface area is 93.3 Å². The normalized spacial score (nSPS) is 13.4. The maximum absolute atomic E-state index is 11.4. The summed E-state index contributed by atoms with van der Waals surface area (Å²) in [6.45, 7) is 1.18. The SMILES string of the molecule is CC(O)S(=O)(=O)Cc1ccc(C(=O)O)cc1. The second-order valence-corrected chi connectivity index (χ2v) is 5.71. The van der Waals surface area contributed by atoms with Gasteiger partial charge in [-0.15, -0.1) is 0 Å². The van der Waals surface area contributed by atoms with Crippen LogP contribution in [0.5, 0.6) is 0 Å². The smallest absolute Gasteiger partial charge is 0.335 e. The summed E-state index contributed by atoms with van der Waals surface area (Å²) in [5.41, 5.74) is -0.879. The third-order valence-electron chi connectivity index (χ3n) is 2.09. The van der Waals surface area contributed by atoms with Crippen molar-refractivity contribution in [3.05, 3.63) is 35.4 Å². The fourth-order valence-electron chi connectivity index (χ4n) is 1.10. The van der Waals surface area contributed by atoms with Gasteiger partial charge < -0.3 is 10.2 Å². The molecule has 0 aromatic heterocycles. The Hall–Kier alpha value is -1.40. The van der Waals surface area contributed by atoms with Crippen LogP contribution in [0.1, 0.15) is 22.8 Å². The minimum atomic E-state index is -3.58. The van der Waals surface area contributed by atoms with Crippen LogP contribution in [-0.4, -0.2) is 30.0 Å². The van der Waals surface area contributed by atoms with Crippen molar-refractivity contribution < 1.29 is 23.4 Å². The molecule has 0 amide bonds. The van der Waals surface area contributed by atoms with Gasteiger partial charge in [-0.25, -0.2) is 13.2 Å². The zero-order chi connectivity index (χ0) is 12.3. The van der Waals surface area contributed by atoms with Gasteiger partial charge >= 0.3 is 5.97 Å². The molecule has 0 spiro atoms. The van der Waals surface area contributed by atoms with Gasteiger partial charge in [-0.05, 0) is 24.6 Å². The molecule has 0 aliphatic carbocycles. The van der Waals surface area contributed by atoms with Crippen LogP contribution in [0, 0.1) is 0 Å². The molecule has 1 aromatic rings. The Morgan fingerprint density at radius 1 is 1.31 bits per heavy atom. The second-order valence-electron chi connectivity index (χ2n) is 3.41. The fourth-order valence-corrected chi connectivity index (χ4v) is 1.99. The van der Waals surface area contributed by atoms with Crippen molar-refractivity contribution >= 4 is 15.8 Å². The van der Waals surface area contributed by atoms with E-state index in [0.29, 0.717) is 5.56 Å². The molecule has 0 aliphatic rings. The Balaban J connectivity index is 2.89. The van der Waals surface area contributed by atoms with E-state index in [2.05, 4.69) is 0 Å². The van der Waals surface area contributed by atoms with Crippen LogP contribution < -0.4 is 0 Å². The van der Waals surface area contributed by atoms with E-state index in [1.165, 1.54) is 31.2 Å². The first-order valence-electron chi connectivity index (χ1n) is 4.55. The summed E-state index contributed by atoms with van der Waals surface area (Å²) in [7, 11) is -3.58. The number of carbonyl (C=O) groups is 1. The summed E-state index contributed by atoms with van der Waals surface area (Å²) in [4.78, 5) is 10.5. The quantitative estimate of drug-likeness (QED) is 0.810. The first-order chi connectivity index (χ1) is 7.33. The summed E-state index contributed by atoms with van der Waals surface area (Å²) in [5.74, 6) is -1.37. The summed E-state index contributed by atoms with van der Waals surface area (Å²) < 4.78 is 22.7. The van der Waals surface area contributed by atoms with Gasteiger partial charge in [0.15, 0.2) is 15.3 Å². The molecular formula is C10H12O5S. The molecule has 5 nitrogen and oxygen atoms in total. The van der Waals surface area contributed by atoms with E-state index in [0.717, 1.165) is 0 Å². The highest BCUT2D eigenvalue weighted by atomic mass is 32.2. The lowest BCUT2D eigenvalue weighted by molar-refractivity contribution is 0.0697. The topological polar surface area (TPSA) is 91.7 Å². The predicted octanol–water partition coefficient (Wildman–Crippen LogP) is 0.638. The Kier molecular flexibility index (Phi) is 3.66. The molecule has 1 aromatic carbocycles. The molecule has 88 valence electrons. The Morgan fingerprint density at radius 2 is 1.81 bits per heavy atom. The number of hydrogen-bond acceptors (Lipinski definition) is 4. The number of rotatable bonds is 4. The van der Waals surface area contributed by atoms with Gasteiger partial charge in [-0.2, -0.15) is 0 Å². The molecule has 0 fully saturated rings. The summed E-state index contributed by atoms with van der Waals surface area (Å²) >= 11 is 0. The number of carboxylic acid groups (broad SMARTS) is 1. The standard InChI is InChI=1S/C10H12O5S/c1-7(11)16(14,15)6-8-2-4-9(5-3-8)10(12)13/h2-5,7,11H,6H2,1H3,(H,12,13). The summed E-state index contributed by atoms with van der Waals surface area (Å²) in [5, 5.41) is 17.6. The molecule has 0 saturated heterocycles. The number of aliphatic hydroxyl groups is 1. The number of aliphatic hydroxyl groups excluding tert-OH is 1. The molecule has 6 heteroatoms. The molecule has 16 heavy (non-hydrogen) atoms. The molecule has 2 N–H and O–H groups in total. The minimum Gasteiger partial charge on any atom is -0.478 e. The molecule has 0 aliphatic heterocycles. The van der Waals surface area contributed by atoms with Gasteiger partial charge in [-0.1, -0.05) is 12.1 Å². The molecular weight excluding hydrogens is 232 g/mol. The maximum Gasteiger partial charge on any atom is 0.335 e. The average Bonchev–Trinajstić information content (AvgIpc) is 2.17. The van der Waals surface area contributed by atoms with Crippen molar-refractivity contribution in [3.8, 4) is 0 Å². The van der Waals surface area contributed by atoms with E-state index in [1.54, 1.807) is 0 Å². The van der Waals surface area contributed by atoms with Crippen molar-refractivity contribution in [3.63, 3.8) is 0 Å². The first-order valence-corrected chi connectivity index (χ1v) is 6.26. The molecule has 0 radical (unpaired) electrons. The summed E-state index contributed by atoms with van der Waals surface area (Å²) in [6, 6.07) is 5.50. The van der Waals surface area contributed by atoms with Crippen LogP contribution >= 0.6 is 0 Å². The van der Waals surface area contributed by atoms with E-state index < -0.39 is 21.2 Å². The van der Waals surface area contributed by atoms with E-state index >= 15 is 0 Å². The largest absolute Gasteiger partial charge is 0.478 e.